The number of rotatable bonds is 5. The van der Waals surface area contributed by atoms with Crippen LogP contribution in [0.25, 0.3) is 22.1 Å². The molecule has 0 saturated carbocycles. The second kappa shape index (κ2) is 7.35. The van der Waals surface area contributed by atoms with Crippen LogP contribution in [0.1, 0.15) is 18.7 Å². The lowest BCUT2D eigenvalue weighted by atomic mass is 10.1. The summed E-state index contributed by atoms with van der Waals surface area (Å²) in [7, 11) is 0. The smallest absolute Gasteiger partial charge is 0.329 e. The molecule has 2 aromatic heterocycles. The number of halogens is 2. The van der Waals surface area contributed by atoms with Crippen LogP contribution >= 0.6 is 22.9 Å². The molecule has 130 valence electrons. The fourth-order valence-electron chi connectivity index (χ4n) is 2.22. The van der Waals surface area contributed by atoms with Gasteiger partial charge in [-0.3, -0.25) is 0 Å². The van der Waals surface area contributed by atoms with E-state index in [1.807, 2.05) is 0 Å². The van der Waals surface area contributed by atoms with Gasteiger partial charge in [-0.15, -0.1) is 11.3 Å². The average molecular weight is 381 g/mol. The molecule has 1 unspecified atom stereocenters. The fraction of sp³-hybridized carbons (Fsp3) is 0.176. The zero-order chi connectivity index (χ0) is 18.0. The summed E-state index contributed by atoms with van der Waals surface area (Å²) in [5, 5.41) is 0. The summed E-state index contributed by atoms with van der Waals surface area (Å²) in [5.74, 6) is -0.402. The van der Waals surface area contributed by atoms with Gasteiger partial charge in [0.15, 0.2) is 11.8 Å². The number of nitrogens with two attached hydrogens (primary N) is 1. The topological polar surface area (TPSA) is 78.4 Å². The predicted octanol–water partition coefficient (Wildman–Crippen LogP) is 4.43. The van der Waals surface area contributed by atoms with Crippen LogP contribution in [0.2, 0.25) is 4.34 Å². The van der Waals surface area contributed by atoms with Crippen molar-refractivity contribution in [3.63, 3.8) is 0 Å². The molecule has 0 aliphatic carbocycles. The number of hydrogen-bond donors (Lipinski definition) is 1. The van der Waals surface area contributed by atoms with Crippen LogP contribution in [0.4, 0.5) is 4.39 Å². The van der Waals surface area contributed by atoms with E-state index in [0.29, 0.717) is 20.5 Å². The number of ether oxygens (including phenoxy) is 1. The van der Waals surface area contributed by atoms with Crippen molar-refractivity contribution in [3.8, 4) is 22.1 Å². The van der Waals surface area contributed by atoms with E-state index in [-0.39, 0.29) is 24.0 Å². The van der Waals surface area contributed by atoms with E-state index < -0.39 is 12.0 Å². The van der Waals surface area contributed by atoms with Crippen LogP contribution in [0.3, 0.4) is 0 Å². The van der Waals surface area contributed by atoms with Crippen LogP contribution < -0.4 is 5.73 Å². The van der Waals surface area contributed by atoms with Crippen LogP contribution in [0.5, 0.6) is 0 Å². The molecule has 3 aromatic rings. The molecule has 0 fully saturated rings. The van der Waals surface area contributed by atoms with Crippen molar-refractivity contribution < 1.29 is 18.3 Å². The molecule has 0 spiro atoms. The summed E-state index contributed by atoms with van der Waals surface area (Å²) in [4.78, 5) is 17.1. The molecular formula is C17H14ClFN2O3S. The van der Waals surface area contributed by atoms with Crippen molar-refractivity contribution >= 4 is 28.9 Å². The van der Waals surface area contributed by atoms with Gasteiger partial charge in [0.1, 0.15) is 11.5 Å². The molecule has 2 heterocycles. The predicted molar refractivity (Wildman–Crippen MR) is 93.8 cm³/mol. The highest BCUT2D eigenvalue weighted by molar-refractivity contribution is 7.19. The summed E-state index contributed by atoms with van der Waals surface area (Å²) in [5.41, 5.74) is 6.81. The standard InChI is InChI=1S/C17H14ClFN2O3S/c1-2-23-17(22)13(20)14-15(11-7-8-12(18)25-11)24-16(21-14)9-3-5-10(19)6-4-9/h3-8,13H,2,20H2,1H3. The molecule has 2 N–H and O–H groups in total. The summed E-state index contributed by atoms with van der Waals surface area (Å²) in [6.45, 7) is 1.90. The SMILES string of the molecule is CCOC(=O)C(N)c1nc(-c2ccc(F)cc2)oc1-c1ccc(Cl)s1. The number of oxazole rings is 1. The van der Waals surface area contributed by atoms with E-state index in [4.69, 9.17) is 26.5 Å². The van der Waals surface area contributed by atoms with Crippen LogP contribution in [0, 0.1) is 5.82 Å². The normalized spacial score (nSPS) is 12.2. The second-order valence-corrected chi connectivity index (χ2v) is 6.79. The first-order chi connectivity index (χ1) is 12.0. The van der Waals surface area contributed by atoms with E-state index in [2.05, 4.69) is 4.98 Å². The number of aromatic nitrogens is 1. The van der Waals surface area contributed by atoms with Gasteiger partial charge < -0.3 is 14.9 Å². The molecule has 8 heteroatoms. The lowest BCUT2D eigenvalue weighted by Gasteiger charge is -2.08. The maximum Gasteiger partial charge on any atom is 0.329 e. The zero-order valence-corrected chi connectivity index (χ0v) is 14.7. The van der Waals surface area contributed by atoms with Crippen molar-refractivity contribution in [2.45, 2.75) is 13.0 Å². The molecule has 0 aliphatic rings. The Bertz CT molecular complexity index is 892. The van der Waals surface area contributed by atoms with Crippen molar-refractivity contribution in [1.82, 2.24) is 4.98 Å². The fourth-order valence-corrected chi connectivity index (χ4v) is 3.25. The minimum Gasteiger partial charge on any atom is -0.465 e. The molecule has 0 amide bonds. The highest BCUT2D eigenvalue weighted by Gasteiger charge is 2.28. The summed E-state index contributed by atoms with van der Waals surface area (Å²) < 4.78 is 24.5. The van der Waals surface area contributed by atoms with E-state index >= 15 is 0 Å². The Morgan fingerprint density at radius 2 is 2.08 bits per heavy atom. The van der Waals surface area contributed by atoms with E-state index in [1.54, 1.807) is 19.1 Å². The van der Waals surface area contributed by atoms with Crippen LogP contribution in [-0.2, 0) is 9.53 Å². The molecule has 0 aliphatic heterocycles. The van der Waals surface area contributed by atoms with Crippen LogP contribution in [-0.4, -0.2) is 17.6 Å². The van der Waals surface area contributed by atoms with Gasteiger partial charge in [0, 0.05) is 5.56 Å². The average Bonchev–Trinajstić information content (AvgIpc) is 3.21. The minimum absolute atomic E-state index is 0.204. The van der Waals surface area contributed by atoms with Crippen molar-refractivity contribution in [3.05, 3.63) is 52.2 Å². The lowest BCUT2D eigenvalue weighted by molar-refractivity contribution is -0.144. The largest absolute Gasteiger partial charge is 0.465 e. The first kappa shape index (κ1) is 17.6. The number of thiophene rings is 1. The van der Waals surface area contributed by atoms with E-state index in [0.717, 1.165) is 0 Å². The van der Waals surface area contributed by atoms with Gasteiger partial charge in [0.25, 0.3) is 0 Å². The molecule has 0 bridgehead atoms. The minimum atomic E-state index is -1.10. The molecule has 3 rings (SSSR count). The summed E-state index contributed by atoms with van der Waals surface area (Å²) >= 11 is 7.26. The maximum absolute atomic E-state index is 13.1. The van der Waals surface area contributed by atoms with Crippen molar-refractivity contribution in [1.29, 1.82) is 0 Å². The maximum atomic E-state index is 13.1. The zero-order valence-electron chi connectivity index (χ0n) is 13.2. The number of nitrogens with zero attached hydrogens (tertiary/aromatic N) is 1. The number of carbonyl (C=O) groups excluding carboxylic acids is 1. The first-order valence-electron chi connectivity index (χ1n) is 7.44. The molecule has 0 saturated heterocycles. The number of benzene rings is 1. The second-order valence-electron chi connectivity index (χ2n) is 5.07. The highest BCUT2D eigenvalue weighted by Crippen LogP contribution is 2.37. The van der Waals surface area contributed by atoms with Gasteiger partial charge in [0.2, 0.25) is 5.89 Å². The summed E-state index contributed by atoms with van der Waals surface area (Å²) in [6, 6.07) is 8.02. The molecule has 25 heavy (non-hydrogen) atoms. The van der Waals surface area contributed by atoms with E-state index in [1.165, 1.54) is 35.6 Å². The van der Waals surface area contributed by atoms with E-state index in [9.17, 15) is 9.18 Å². The van der Waals surface area contributed by atoms with Gasteiger partial charge in [-0.25, -0.2) is 14.2 Å². The molecular weight excluding hydrogens is 367 g/mol. The Balaban J connectivity index is 2.08. The Hall–Kier alpha value is -2.22. The molecule has 5 nitrogen and oxygen atoms in total. The number of esters is 1. The summed E-state index contributed by atoms with van der Waals surface area (Å²) in [6.07, 6.45) is 0. The third-order valence-corrected chi connectivity index (χ3v) is 4.61. The highest BCUT2D eigenvalue weighted by atomic mass is 35.5. The van der Waals surface area contributed by atoms with Gasteiger partial charge in [-0.2, -0.15) is 0 Å². The van der Waals surface area contributed by atoms with Crippen LogP contribution in [0.15, 0.2) is 40.8 Å². The van der Waals surface area contributed by atoms with Gasteiger partial charge >= 0.3 is 5.97 Å². The monoisotopic (exact) mass is 380 g/mol. The quantitative estimate of drug-likeness (QED) is 0.662. The molecule has 0 radical (unpaired) electrons. The third kappa shape index (κ3) is 3.73. The number of hydrogen-bond acceptors (Lipinski definition) is 6. The molecule has 1 aromatic carbocycles. The van der Waals surface area contributed by atoms with Gasteiger partial charge in [-0.05, 0) is 43.3 Å². The van der Waals surface area contributed by atoms with Gasteiger partial charge in [-0.1, -0.05) is 11.6 Å². The Kier molecular flexibility index (Phi) is 5.17. The third-order valence-electron chi connectivity index (χ3n) is 3.38. The van der Waals surface area contributed by atoms with Crippen molar-refractivity contribution in [2.75, 3.05) is 6.61 Å². The molecule has 1 atom stereocenters. The Morgan fingerprint density at radius 1 is 1.36 bits per heavy atom. The lowest BCUT2D eigenvalue weighted by Crippen LogP contribution is -2.24. The Morgan fingerprint density at radius 3 is 2.68 bits per heavy atom. The Labute approximate surface area is 152 Å². The number of carbonyl (C=O) groups is 1. The van der Waals surface area contributed by atoms with Crippen molar-refractivity contribution in [2.24, 2.45) is 5.73 Å². The first-order valence-corrected chi connectivity index (χ1v) is 8.63. The van der Waals surface area contributed by atoms with Gasteiger partial charge in [0.05, 0.1) is 15.8 Å².